The standard InChI is InChI=1S/C25H23Cl2N3O2/c1-16-13-17(7-10-22(16)28-24(31)20-9-8-19(26)14-21(20)27)25(32)30-12-11-29(2)15-18-5-3-4-6-23(18)30/h3-10,13-14H,11-12,15H2,1-2H3,(H,28,31). The van der Waals surface area contributed by atoms with Gasteiger partial charge in [-0.25, -0.2) is 0 Å². The van der Waals surface area contributed by atoms with Gasteiger partial charge in [-0.3, -0.25) is 9.59 Å². The lowest BCUT2D eigenvalue weighted by atomic mass is 10.1. The highest BCUT2D eigenvalue weighted by Crippen LogP contribution is 2.28. The molecule has 0 spiro atoms. The Morgan fingerprint density at radius 2 is 1.75 bits per heavy atom. The van der Waals surface area contributed by atoms with E-state index < -0.39 is 0 Å². The first-order valence-electron chi connectivity index (χ1n) is 10.3. The van der Waals surface area contributed by atoms with Gasteiger partial charge in [-0.2, -0.15) is 0 Å². The number of anilines is 2. The van der Waals surface area contributed by atoms with Gasteiger partial charge in [0.2, 0.25) is 0 Å². The molecule has 5 nitrogen and oxygen atoms in total. The van der Waals surface area contributed by atoms with Crippen LogP contribution in [0.3, 0.4) is 0 Å². The summed E-state index contributed by atoms with van der Waals surface area (Å²) in [5.41, 5.74) is 4.38. The Morgan fingerprint density at radius 3 is 2.50 bits per heavy atom. The van der Waals surface area contributed by atoms with E-state index in [1.165, 1.54) is 6.07 Å². The van der Waals surface area contributed by atoms with Crippen LogP contribution in [0.25, 0.3) is 0 Å². The molecule has 1 N–H and O–H groups in total. The molecule has 0 radical (unpaired) electrons. The van der Waals surface area contributed by atoms with Crippen molar-refractivity contribution < 1.29 is 9.59 Å². The summed E-state index contributed by atoms with van der Waals surface area (Å²) < 4.78 is 0. The molecule has 32 heavy (non-hydrogen) atoms. The van der Waals surface area contributed by atoms with E-state index in [0.29, 0.717) is 28.4 Å². The quantitative estimate of drug-likeness (QED) is 0.541. The van der Waals surface area contributed by atoms with Crippen molar-refractivity contribution in [1.29, 1.82) is 0 Å². The second-order valence-electron chi connectivity index (χ2n) is 7.93. The first kappa shape index (κ1) is 22.3. The normalized spacial score (nSPS) is 13.9. The highest BCUT2D eigenvalue weighted by atomic mass is 35.5. The van der Waals surface area contributed by atoms with Gasteiger partial charge >= 0.3 is 0 Å². The van der Waals surface area contributed by atoms with E-state index in [9.17, 15) is 9.59 Å². The average molecular weight is 468 g/mol. The third-order valence-electron chi connectivity index (χ3n) is 5.57. The van der Waals surface area contributed by atoms with E-state index in [4.69, 9.17) is 23.2 Å². The van der Waals surface area contributed by atoms with Crippen molar-refractivity contribution in [1.82, 2.24) is 4.90 Å². The zero-order valence-corrected chi connectivity index (χ0v) is 19.4. The molecular formula is C25H23Cl2N3O2. The van der Waals surface area contributed by atoms with Gasteiger partial charge in [0.25, 0.3) is 11.8 Å². The summed E-state index contributed by atoms with van der Waals surface area (Å²) in [6.45, 7) is 4.06. The fourth-order valence-electron chi connectivity index (χ4n) is 3.84. The van der Waals surface area contributed by atoms with Crippen LogP contribution in [0.15, 0.2) is 60.7 Å². The van der Waals surface area contributed by atoms with Gasteiger partial charge in [-0.05, 0) is 67.6 Å². The molecule has 2 amide bonds. The second kappa shape index (κ2) is 9.33. The number of hydrogen-bond donors (Lipinski definition) is 1. The predicted molar refractivity (Wildman–Crippen MR) is 130 cm³/mol. The third-order valence-corrected chi connectivity index (χ3v) is 6.12. The van der Waals surface area contributed by atoms with Crippen molar-refractivity contribution in [3.05, 3.63) is 93.0 Å². The average Bonchev–Trinajstić information content (AvgIpc) is 2.92. The van der Waals surface area contributed by atoms with Crippen LogP contribution in [0.4, 0.5) is 11.4 Å². The number of rotatable bonds is 3. The van der Waals surface area contributed by atoms with Gasteiger partial charge < -0.3 is 15.1 Å². The zero-order valence-electron chi connectivity index (χ0n) is 17.9. The number of halogens is 2. The van der Waals surface area contributed by atoms with Gasteiger partial charge in [-0.15, -0.1) is 0 Å². The molecular weight excluding hydrogens is 445 g/mol. The molecule has 0 unspecified atom stereocenters. The number of nitrogens with zero attached hydrogens (tertiary/aromatic N) is 2. The molecule has 0 saturated carbocycles. The van der Waals surface area contributed by atoms with Gasteiger partial charge in [-0.1, -0.05) is 41.4 Å². The van der Waals surface area contributed by atoms with E-state index >= 15 is 0 Å². The largest absolute Gasteiger partial charge is 0.322 e. The Morgan fingerprint density at radius 1 is 0.969 bits per heavy atom. The van der Waals surface area contributed by atoms with E-state index in [0.717, 1.165) is 29.9 Å². The summed E-state index contributed by atoms with van der Waals surface area (Å²) in [6.07, 6.45) is 0. The summed E-state index contributed by atoms with van der Waals surface area (Å²) in [5.74, 6) is -0.396. The Labute approximate surface area is 197 Å². The number of carbonyl (C=O) groups is 2. The Balaban J connectivity index is 1.57. The van der Waals surface area contributed by atoms with Crippen molar-refractivity contribution in [2.45, 2.75) is 13.5 Å². The molecule has 3 aromatic carbocycles. The Bertz CT molecular complexity index is 1200. The van der Waals surface area contributed by atoms with Crippen LogP contribution in [0.2, 0.25) is 10.0 Å². The number of likely N-dealkylation sites (N-methyl/N-ethyl adjacent to an activating group) is 1. The maximum atomic E-state index is 13.4. The van der Waals surface area contributed by atoms with Crippen molar-refractivity contribution in [2.75, 3.05) is 30.4 Å². The third kappa shape index (κ3) is 4.65. The lowest BCUT2D eigenvalue weighted by molar-refractivity contribution is 0.0984. The number of hydrogen-bond acceptors (Lipinski definition) is 3. The molecule has 7 heteroatoms. The van der Waals surface area contributed by atoms with Gasteiger partial charge in [0.15, 0.2) is 0 Å². The predicted octanol–water partition coefficient (Wildman–Crippen LogP) is 5.65. The van der Waals surface area contributed by atoms with E-state index in [2.05, 4.69) is 23.3 Å². The number of nitrogens with one attached hydrogen (secondary N) is 1. The fourth-order valence-corrected chi connectivity index (χ4v) is 4.33. The molecule has 1 aliphatic rings. The minimum absolute atomic E-state index is 0.0607. The van der Waals surface area contributed by atoms with Crippen LogP contribution >= 0.6 is 23.2 Å². The first-order valence-corrected chi connectivity index (χ1v) is 11.0. The van der Waals surface area contributed by atoms with Crippen molar-refractivity contribution in [2.24, 2.45) is 0 Å². The van der Waals surface area contributed by atoms with E-state index in [1.54, 1.807) is 30.3 Å². The van der Waals surface area contributed by atoms with Crippen molar-refractivity contribution in [3.63, 3.8) is 0 Å². The van der Waals surface area contributed by atoms with Crippen LogP contribution in [-0.4, -0.2) is 36.9 Å². The maximum absolute atomic E-state index is 13.4. The lowest BCUT2D eigenvalue weighted by Gasteiger charge is -2.23. The zero-order chi connectivity index (χ0) is 22.8. The van der Waals surface area contributed by atoms with E-state index in [1.807, 2.05) is 30.0 Å². The van der Waals surface area contributed by atoms with E-state index in [-0.39, 0.29) is 16.8 Å². The molecule has 164 valence electrons. The molecule has 3 aromatic rings. The summed E-state index contributed by atoms with van der Waals surface area (Å²) in [6, 6.07) is 18.0. The number of para-hydroxylation sites is 1. The SMILES string of the molecule is Cc1cc(C(=O)N2CCN(C)Cc3ccccc32)ccc1NC(=O)c1ccc(Cl)cc1Cl. The van der Waals surface area contributed by atoms with Crippen LogP contribution in [0, 0.1) is 6.92 Å². The lowest BCUT2D eigenvalue weighted by Crippen LogP contribution is -2.35. The number of aryl methyl sites for hydroxylation is 1. The second-order valence-corrected chi connectivity index (χ2v) is 8.77. The molecule has 0 bridgehead atoms. The maximum Gasteiger partial charge on any atom is 0.258 e. The monoisotopic (exact) mass is 467 g/mol. The molecule has 0 aliphatic carbocycles. The minimum Gasteiger partial charge on any atom is -0.322 e. The Hall–Kier alpha value is -2.86. The molecule has 0 fully saturated rings. The number of amides is 2. The fraction of sp³-hybridized carbons (Fsp3) is 0.200. The van der Waals surface area contributed by atoms with Crippen LogP contribution in [0.1, 0.15) is 31.8 Å². The van der Waals surface area contributed by atoms with Gasteiger partial charge in [0, 0.05) is 41.6 Å². The molecule has 0 saturated heterocycles. The highest BCUT2D eigenvalue weighted by Gasteiger charge is 2.24. The smallest absolute Gasteiger partial charge is 0.258 e. The molecule has 0 atom stereocenters. The number of carbonyl (C=O) groups excluding carboxylic acids is 2. The molecule has 0 aromatic heterocycles. The summed E-state index contributed by atoms with van der Waals surface area (Å²) in [5, 5.41) is 3.61. The van der Waals surface area contributed by atoms with Crippen LogP contribution < -0.4 is 10.2 Å². The molecule has 1 aliphatic heterocycles. The van der Waals surface area contributed by atoms with Crippen LogP contribution in [0.5, 0.6) is 0 Å². The summed E-state index contributed by atoms with van der Waals surface area (Å²) >= 11 is 12.1. The highest BCUT2D eigenvalue weighted by molar-refractivity contribution is 6.37. The van der Waals surface area contributed by atoms with Gasteiger partial charge in [0.1, 0.15) is 0 Å². The molecule has 4 rings (SSSR count). The van der Waals surface area contributed by atoms with Gasteiger partial charge in [0.05, 0.1) is 10.6 Å². The number of benzene rings is 3. The van der Waals surface area contributed by atoms with Crippen molar-refractivity contribution in [3.8, 4) is 0 Å². The minimum atomic E-state index is -0.335. The topological polar surface area (TPSA) is 52.7 Å². The van der Waals surface area contributed by atoms with Crippen molar-refractivity contribution >= 4 is 46.4 Å². The first-order chi connectivity index (χ1) is 15.3. The van der Waals surface area contributed by atoms with Crippen LogP contribution in [-0.2, 0) is 6.54 Å². The number of fused-ring (bicyclic) bond motifs is 1. The molecule has 1 heterocycles. The summed E-state index contributed by atoms with van der Waals surface area (Å²) in [4.78, 5) is 30.1. The summed E-state index contributed by atoms with van der Waals surface area (Å²) in [7, 11) is 2.05. The Kier molecular flexibility index (Phi) is 6.51.